The molecule has 0 bridgehead atoms. The van der Waals surface area contributed by atoms with E-state index in [1.165, 1.54) is 0 Å². The van der Waals surface area contributed by atoms with Gasteiger partial charge in [0.2, 0.25) is 5.91 Å². The fourth-order valence-electron chi connectivity index (χ4n) is 3.52. The first-order valence-electron chi connectivity index (χ1n) is 9.01. The summed E-state index contributed by atoms with van der Waals surface area (Å²) in [6.07, 6.45) is 8.28. The van der Waals surface area contributed by atoms with Crippen LogP contribution in [-0.4, -0.2) is 27.3 Å². The molecule has 132 valence electrons. The summed E-state index contributed by atoms with van der Waals surface area (Å²) in [6, 6.07) is 14.0. The summed E-state index contributed by atoms with van der Waals surface area (Å²) in [6.45, 7) is 0.812. The van der Waals surface area contributed by atoms with E-state index in [9.17, 15) is 4.79 Å². The van der Waals surface area contributed by atoms with Crippen LogP contribution in [0.1, 0.15) is 36.8 Å². The van der Waals surface area contributed by atoms with Crippen LogP contribution in [-0.2, 0) is 11.2 Å². The van der Waals surface area contributed by atoms with Crippen LogP contribution in [0.4, 0.5) is 0 Å². The van der Waals surface area contributed by atoms with Gasteiger partial charge in [-0.05, 0) is 30.5 Å². The van der Waals surface area contributed by atoms with E-state index in [1.807, 2.05) is 47.4 Å². The molecule has 3 aromatic rings. The molecule has 3 heterocycles. The highest BCUT2D eigenvalue weighted by Crippen LogP contribution is 2.32. The van der Waals surface area contributed by atoms with Crippen molar-refractivity contribution < 1.29 is 9.21 Å². The Bertz CT molecular complexity index is 861. The smallest absolute Gasteiger partial charge is 0.223 e. The molecule has 26 heavy (non-hydrogen) atoms. The average molecular weight is 347 g/mol. The highest BCUT2D eigenvalue weighted by molar-refractivity contribution is 5.77. The van der Waals surface area contributed by atoms with Gasteiger partial charge in [0.1, 0.15) is 0 Å². The number of hydrogen-bond donors (Lipinski definition) is 0. The van der Waals surface area contributed by atoms with Gasteiger partial charge in [0.15, 0.2) is 11.7 Å². The summed E-state index contributed by atoms with van der Waals surface area (Å²) in [4.78, 5) is 23.1. The highest BCUT2D eigenvalue weighted by Gasteiger charge is 2.29. The van der Waals surface area contributed by atoms with E-state index in [2.05, 4.69) is 9.97 Å². The van der Waals surface area contributed by atoms with Crippen molar-refractivity contribution in [3.63, 3.8) is 0 Å². The molecule has 1 aliphatic heterocycles. The Morgan fingerprint density at radius 2 is 1.96 bits per heavy atom. The highest BCUT2D eigenvalue weighted by atomic mass is 16.4. The zero-order valence-electron chi connectivity index (χ0n) is 14.5. The van der Waals surface area contributed by atoms with Crippen molar-refractivity contribution in [2.75, 3.05) is 6.54 Å². The van der Waals surface area contributed by atoms with E-state index >= 15 is 0 Å². The van der Waals surface area contributed by atoms with Crippen LogP contribution in [0.25, 0.3) is 11.3 Å². The van der Waals surface area contributed by atoms with Gasteiger partial charge < -0.3 is 9.32 Å². The van der Waals surface area contributed by atoms with Crippen LogP contribution in [0.15, 0.2) is 65.5 Å². The largest absolute Gasteiger partial charge is 0.441 e. The summed E-state index contributed by atoms with van der Waals surface area (Å²) < 4.78 is 5.80. The molecule has 1 fully saturated rings. The van der Waals surface area contributed by atoms with Gasteiger partial charge in [-0.3, -0.25) is 9.78 Å². The minimum Gasteiger partial charge on any atom is -0.441 e. The molecule has 1 saturated heterocycles. The second-order valence-corrected chi connectivity index (χ2v) is 6.51. The Balaban J connectivity index is 1.39. The van der Waals surface area contributed by atoms with Crippen LogP contribution >= 0.6 is 0 Å². The molecule has 0 spiro atoms. The molecule has 1 amide bonds. The van der Waals surface area contributed by atoms with Gasteiger partial charge >= 0.3 is 0 Å². The van der Waals surface area contributed by atoms with Crippen molar-refractivity contribution in [2.24, 2.45) is 0 Å². The number of likely N-dealkylation sites (tertiary alicyclic amines) is 1. The van der Waals surface area contributed by atoms with Gasteiger partial charge in [0.25, 0.3) is 0 Å². The second-order valence-electron chi connectivity index (χ2n) is 6.51. The Labute approximate surface area is 152 Å². The number of pyridine rings is 1. The van der Waals surface area contributed by atoms with E-state index in [4.69, 9.17) is 4.42 Å². The van der Waals surface area contributed by atoms with Crippen molar-refractivity contribution >= 4 is 5.91 Å². The number of amides is 1. The number of benzene rings is 1. The number of oxazole rings is 1. The van der Waals surface area contributed by atoms with Crippen LogP contribution < -0.4 is 0 Å². The van der Waals surface area contributed by atoms with Gasteiger partial charge in [-0.15, -0.1) is 0 Å². The number of carbonyl (C=O) groups is 1. The number of carbonyl (C=O) groups excluding carboxylic acids is 1. The molecule has 5 heteroatoms. The quantitative estimate of drug-likeness (QED) is 0.699. The summed E-state index contributed by atoms with van der Waals surface area (Å²) in [5, 5.41) is 0. The molecule has 1 atom stereocenters. The summed E-state index contributed by atoms with van der Waals surface area (Å²) in [5.74, 6) is 1.50. The minimum atomic E-state index is 0.156. The van der Waals surface area contributed by atoms with Gasteiger partial charge in [-0.25, -0.2) is 4.98 Å². The molecule has 0 aliphatic carbocycles. The Hall–Kier alpha value is -2.95. The third kappa shape index (κ3) is 3.52. The summed E-state index contributed by atoms with van der Waals surface area (Å²) in [7, 11) is 0. The lowest BCUT2D eigenvalue weighted by molar-refractivity contribution is -0.132. The Kier molecular flexibility index (Phi) is 4.78. The molecule has 1 aromatic carbocycles. The molecular formula is C21H21N3O2. The Morgan fingerprint density at radius 3 is 2.77 bits per heavy atom. The SMILES string of the molecule is O=C(CCc1ncc(-c2ccccc2)o1)N1CCC[C@@H]1c1ccncc1. The first-order chi connectivity index (χ1) is 12.8. The van der Waals surface area contributed by atoms with Crippen molar-refractivity contribution in [3.05, 3.63) is 72.5 Å². The molecule has 0 radical (unpaired) electrons. The maximum Gasteiger partial charge on any atom is 0.223 e. The predicted octanol–water partition coefficient (Wildman–Crippen LogP) is 4.03. The van der Waals surface area contributed by atoms with Gasteiger partial charge in [0, 0.05) is 37.3 Å². The fraction of sp³-hybridized carbons (Fsp3) is 0.286. The van der Waals surface area contributed by atoms with E-state index in [-0.39, 0.29) is 11.9 Å². The zero-order valence-corrected chi connectivity index (χ0v) is 14.5. The number of rotatable bonds is 5. The van der Waals surface area contributed by atoms with E-state index in [0.29, 0.717) is 18.7 Å². The molecule has 5 nitrogen and oxygen atoms in total. The minimum absolute atomic E-state index is 0.156. The maximum atomic E-state index is 12.7. The summed E-state index contributed by atoms with van der Waals surface area (Å²) >= 11 is 0. The van der Waals surface area contributed by atoms with Crippen LogP contribution in [0.3, 0.4) is 0 Å². The summed E-state index contributed by atoms with van der Waals surface area (Å²) in [5.41, 5.74) is 2.16. The first kappa shape index (κ1) is 16.5. The van der Waals surface area contributed by atoms with E-state index < -0.39 is 0 Å². The number of aromatic nitrogens is 2. The van der Waals surface area contributed by atoms with Crippen molar-refractivity contribution in [1.29, 1.82) is 0 Å². The maximum absolute atomic E-state index is 12.7. The lowest BCUT2D eigenvalue weighted by Crippen LogP contribution is -2.30. The average Bonchev–Trinajstić information content (AvgIpc) is 3.37. The normalized spacial score (nSPS) is 16.8. The van der Waals surface area contributed by atoms with Crippen molar-refractivity contribution in [3.8, 4) is 11.3 Å². The third-order valence-electron chi connectivity index (χ3n) is 4.83. The number of aryl methyl sites for hydroxylation is 1. The topological polar surface area (TPSA) is 59.2 Å². The van der Waals surface area contributed by atoms with E-state index in [0.717, 1.165) is 36.3 Å². The standard InChI is InChI=1S/C21H21N3O2/c25-21(24-14-4-7-18(24)16-10-12-22-13-11-16)9-8-20-23-15-19(26-20)17-5-2-1-3-6-17/h1-3,5-6,10-13,15,18H,4,7-9,14H2/t18-/m1/s1. The number of hydrogen-bond acceptors (Lipinski definition) is 4. The van der Waals surface area contributed by atoms with Gasteiger partial charge in [-0.2, -0.15) is 0 Å². The third-order valence-corrected chi connectivity index (χ3v) is 4.83. The monoisotopic (exact) mass is 347 g/mol. The molecule has 0 saturated carbocycles. The van der Waals surface area contributed by atoms with Crippen molar-refractivity contribution in [1.82, 2.24) is 14.9 Å². The van der Waals surface area contributed by atoms with Gasteiger partial charge in [0.05, 0.1) is 12.2 Å². The molecule has 0 N–H and O–H groups in total. The van der Waals surface area contributed by atoms with Crippen LogP contribution in [0.5, 0.6) is 0 Å². The lowest BCUT2D eigenvalue weighted by atomic mass is 10.1. The number of nitrogens with zero attached hydrogens (tertiary/aromatic N) is 3. The second kappa shape index (κ2) is 7.52. The molecule has 4 rings (SSSR count). The molecular weight excluding hydrogens is 326 g/mol. The lowest BCUT2D eigenvalue weighted by Gasteiger charge is -2.24. The van der Waals surface area contributed by atoms with Crippen LogP contribution in [0, 0.1) is 0 Å². The molecule has 2 aromatic heterocycles. The predicted molar refractivity (Wildman–Crippen MR) is 98.2 cm³/mol. The Morgan fingerprint density at radius 1 is 1.15 bits per heavy atom. The zero-order chi connectivity index (χ0) is 17.8. The van der Waals surface area contributed by atoms with E-state index in [1.54, 1.807) is 18.6 Å². The molecule has 0 unspecified atom stereocenters. The van der Waals surface area contributed by atoms with Gasteiger partial charge in [-0.1, -0.05) is 30.3 Å². The van der Waals surface area contributed by atoms with Crippen molar-refractivity contribution in [2.45, 2.75) is 31.7 Å². The first-order valence-corrected chi connectivity index (χ1v) is 9.01. The van der Waals surface area contributed by atoms with Crippen LogP contribution in [0.2, 0.25) is 0 Å². The fourth-order valence-corrected chi connectivity index (χ4v) is 3.52. The molecule has 1 aliphatic rings.